The number of anilines is 2. The maximum absolute atomic E-state index is 12.3. The number of fused-ring (bicyclic) bond motifs is 1. The lowest BCUT2D eigenvalue weighted by Crippen LogP contribution is -2.05. The molecule has 0 radical (unpaired) electrons. The first-order valence-electron chi connectivity index (χ1n) is 8.76. The number of hydrogen-bond acceptors (Lipinski definition) is 3. The van der Waals surface area contributed by atoms with Gasteiger partial charge in [0.1, 0.15) is 0 Å². The van der Waals surface area contributed by atoms with Gasteiger partial charge in [0, 0.05) is 35.5 Å². The molecule has 0 saturated carbocycles. The second kappa shape index (κ2) is 7.30. The SMILES string of the molecule is C=Cc1ccc2c(c1)NC(=O)/C2=C\Nc1ccc(Cc2ccncc2)cc1. The van der Waals surface area contributed by atoms with Gasteiger partial charge in [-0.1, -0.05) is 36.9 Å². The summed E-state index contributed by atoms with van der Waals surface area (Å²) in [6.07, 6.45) is 8.00. The zero-order valence-electron chi connectivity index (χ0n) is 14.8. The van der Waals surface area contributed by atoms with Crippen molar-refractivity contribution in [1.29, 1.82) is 0 Å². The minimum Gasteiger partial charge on any atom is -0.361 e. The van der Waals surface area contributed by atoms with Gasteiger partial charge < -0.3 is 10.6 Å². The van der Waals surface area contributed by atoms with Gasteiger partial charge in [-0.05, 0) is 53.4 Å². The van der Waals surface area contributed by atoms with Crippen molar-refractivity contribution >= 4 is 28.9 Å². The molecule has 4 nitrogen and oxygen atoms in total. The minimum atomic E-state index is -0.104. The van der Waals surface area contributed by atoms with Crippen molar-refractivity contribution in [1.82, 2.24) is 4.98 Å². The maximum Gasteiger partial charge on any atom is 0.257 e. The molecule has 1 aromatic heterocycles. The molecule has 1 aliphatic rings. The van der Waals surface area contributed by atoms with Crippen LogP contribution in [0.25, 0.3) is 11.6 Å². The van der Waals surface area contributed by atoms with Crippen LogP contribution in [0.4, 0.5) is 11.4 Å². The fourth-order valence-corrected chi connectivity index (χ4v) is 3.09. The van der Waals surface area contributed by atoms with E-state index in [-0.39, 0.29) is 5.91 Å². The second-order valence-electron chi connectivity index (χ2n) is 6.39. The molecule has 0 atom stereocenters. The molecule has 132 valence electrons. The highest BCUT2D eigenvalue weighted by Gasteiger charge is 2.23. The summed E-state index contributed by atoms with van der Waals surface area (Å²) >= 11 is 0. The zero-order valence-corrected chi connectivity index (χ0v) is 14.8. The average molecular weight is 353 g/mol. The highest BCUT2D eigenvalue weighted by molar-refractivity contribution is 6.31. The van der Waals surface area contributed by atoms with Gasteiger partial charge in [-0.25, -0.2) is 0 Å². The van der Waals surface area contributed by atoms with E-state index in [0.717, 1.165) is 28.9 Å². The van der Waals surface area contributed by atoms with Crippen molar-refractivity contribution in [3.8, 4) is 0 Å². The molecule has 2 N–H and O–H groups in total. The van der Waals surface area contributed by atoms with Gasteiger partial charge in [0.15, 0.2) is 0 Å². The molecule has 4 rings (SSSR count). The van der Waals surface area contributed by atoms with Gasteiger partial charge in [0.25, 0.3) is 5.91 Å². The molecular weight excluding hydrogens is 334 g/mol. The number of rotatable bonds is 5. The third-order valence-corrected chi connectivity index (χ3v) is 4.56. The Morgan fingerprint density at radius 1 is 1.00 bits per heavy atom. The third kappa shape index (κ3) is 3.65. The minimum absolute atomic E-state index is 0.104. The van der Waals surface area contributed by atoms with Crippen LogP contribution in [0.2, 0.25) is 0 Å². The summed E-state index contributed by atoms with van der Waals surface area (Å²) in [5.74, 6) is -0.104. The number of benzene rings is 2. The normalized spacial score (nSPS) is 13.9. The predicted molar refractivity (Wildman–Crippen MR) is 110 cm³/mol. The fraction of sp³-hybridized carbons (Fsp3) is 0.0435. The molecule has 0 unspecified atom stereocenters. The molecule has 2 aromatic carbocycles. The summed E-state index contributed by atoms with van der Waals surface area (Å²) in [5, 5.41) is 6.12. The summed E-state index contributed by atoms with van der Waals surface area (Å²) < 4.78 is 0. The summed E-state index contributed by atoms with van der Waals surface area (Å²) in [4.78, 5) is 16.3. The summed E-state index contributed by atoms with van der Waals surface area (Å²) in [6, 6.07) is 18.1. The predicted octanol–water partition coefficient (Wildman–Crippen LogP) is 4.72. The Hall–Kier alpha value is -3.66. The number of amides is 1. The molecule has 4 heteroatoms. The van der Waals surface area contributed by atoms with Crippen LogP contribution >= 0.6 is 0 Å². The first-order chi connectivity index (χ1) is 13.2. The van der Waals surface area contributed by atoms with Gasteiger partial charge in [-0.15, -0.1) is 0 Å². The number of pyridine rings is 1. The Morgan fingerprint density at radius 3 is 2.48 bits per heavy atom. The molecule has 0 spiro atoms. The number of carbonyl (C=O) groups is 1. The number of nitrogens with zero attached hydrogens (tertiary/aromatic N) is 1. The van der Waals surface area contributed by atoms with E-state index in [1.165, 1.54) is 11.1 Å². The lowest BCUT2D eigenvalue weighted by Gasteiger charge is -2.05. The summed E-state index contributed by atoms with van der Waals surface area (Å²) in [7, 11) is 0. The molecule has 0 aliphatic carbocycles. The van der Waals surface area contributed by atoms with E-state index in [1.54, 1.807) is 24.7 Å². The standard InChI is InChI=1S/C23H19N3O/c1-2-16-5-8-20-21(23(27)26-22(20)14-16)15-25-19-6-3-17(4-7-19)13-18-9-11-24-12-10-18/h2-12,14-15,25H,1,13H2,(H,26,27)/b21-15-. The smallest absolute Gasteiger partial charge is 0.257 e. The first kappa shape index (κ1) is 16.8. The van der Waals surface area contributed by atoms with Crippen molar-refractivity contribution in [3.05, 3.63) is 102 Å². The topological polar surface area (TPSA) is 54.0 Å². The van der Waals surface area contributed by atoms with Crippen LogP contribution in [0, 0.1) is 0 Å². The highest BCUT2D eigenvalue weighted by atomic mass is 16.2. The van der Waals surface area contributed by atoms with Gasteiger partial charge in [0.05, 0.1) is 5.57 Å². The van der Waals surface area contributed by atoms with Crippen LogP contribution in [-0.4, -0.2) is 10.9 Å². The fourth-order valence-electron chi connectivity index (χ4n) is 3.09. The van der Waals surface area contributed by atoms with Gasteiger partial charge in [0.2, 0.25) is 0 Å². The molecule has 1 aliphatic heterocycles. The van der Waals surface area contributed by atoms with E-state index in [0.29, 0.717) is 5.57 Å². The average Bonchev–Trinajstić information content (AvgIpc) is 3.02. The van der Waals surface area contributed by atoms with Crippen LogP contribution in [0.3, 0.4) is 0 Å². The zero-order chi connectivity index (χ0) is 18.6. The van der Waals surface area contributed by atoms with E-state index >= 15 is 0 Å². The van der Waals surface area contributed by atoms with Crippen molar-refractivity contribution in [2.75, 3.05) is 10.6 Å². The molecule has 0 saturated heterocycles. The van der Waals surface area contributed by atoms with Gasteiger partial charge >= 0.3 is 0 Å². The lowest BCUT2D eigenvalue weighted by molar-refractivity contribution is -0.110. The van der Waals surface area contributed by atoms with E-state index in [1.807, 2.05) is 42.5 Å². The van der Waals surface area contributed by atoms with Crippen LogP contribution < -0.4 is 10.6 Å². The quantitative estimate of drug-likeness (QED) is 0.653. The Bertz CT molecular complexity index is 1020. The molecule has 1 amide bonds. The van der Waals surface area contributed by atoms with E-state index in [4.69, 9.17) is 0 Å². The lowest BCUT2D eigenvalue weighted by atomic mass is 10.1. The number of aromatic nitrogens is 1. The number of hydrogen-bond donors (Lipinski definition) is 2. The van der Waals surface area contributed by atoms with Crippen molar-refractivity contribution in [3.63, 3.8) is 0 Å². The Morgan fingerprint density at radius 2 is 1.74 bits per heavy atom. The number of carbonyl (C=O) groups excluding carboxylic acids is 1. The second-order valence-corrected chi connectivity index (χ2v) is 6.39. The van der Waals surface area contributed by atoms with Crippen LogP contribution in [0.1, 0.15) is 22.3 Å². The van der Waals surface area contributed by atoms with E-state index in [9.17, 15) is 4.79 Å². The number of nitrogens with one attached hydrogen (secondary N) is 2. The van der Waals surface area contributed by atoms with Crippen molar-refractivity contribution < 1.29 is 4.79 Å². The van der Waals surface area contributed by atoms with Crippen molar-refractivity contribution in [2.45, 2.75) is 6.42 Å². The Balaban J connectivity index is 1.49. The molecule has 3 aromatic rings. The summed E-state index contributed by atoms with van der Waals surface area (Å²) in [5.41, 5.74) is 6.70. The molecule has 27 heavy (non-hydrogen) atoms. The molecule has 0 bridgehead atoms. The van der Waals surface area contributed by atoms with Gasteiger partial charge in [-0.2, -0.15) is 0 Å². The van der Waals surface area contributed by atoms with Crippen LogP contribution in [0.5, 0.6) is 0 Å². The maximum atomic E-state index is 12.3. The van der Waals surface area contributed by atoms with Crippen LogP contribution in [-0.2, 0) is 11.2 Å². The first-order valence-corrected chi connectivity index (χ1v) is 8.76. The van der Waals surface area contributed by atoms with E-state index < -0.39 is 0 Å². The monoisotopic (exact) mass is 353 g/mol. The molecular formula is C23H19N3O. The van der Waals surface area contributed by atoms with Gasteiger partial charge in [-0.3, -0.25) is 9.78 Å². The third-order valence-electron chi connectivity index (χ3n) is 4.56. The van der Waals surface area contributed by atoms with Crippen LogP contribution in [0.15, 0.2) is 79.8 Å². The molecule has 0 fully saturated rings. The Kier molecular flexibility index (Phi) is 4.54. The summed E-state index contributed by atoms with van der Waals surface area (Å²) in [6.45, 7) is 3.76. The Labute approximate surface area is 158 Å². The highest BCUT2D eigenvalue weighted by Crippen LogP contribution is 2.32. The van der Waals surface area contributed by atoms with Crippen molar-refractivity contribution in [2.24, 2.45) is 0 Å². The largest absolute Gasteiger partial charge is 0.361 e. The van der Waals surface area contributed by atoms with E-state index in [2.05, 4.69) is 34.3 Å². The molecule has 2 heterocycles.